The highest BCUT2D eigenvalue weighted by Gasteiger charge is 2.35. The normalized spacial score (nSPS) is 18.9. The van der Waals surface area contributed by atoms with Crippen molar-refractivity contribution in [3.8, 4) is 0 Å². The molecule has 1 aliphatic rings. The van der Waals surface area contributed by atoms with Crippen LogP contribution in [0.3, 0.4) is 0 Å². The van der Waals surface area contributed by atoms with Crippen LogP contribution >= 0.6 is 15.9 Å². The number of hydrogen-bond acceptors (Lipinski definition) is 3. The van der Waals surface area contributed by atoms with Gasteiger partial charge in [-0.1, -0.05) is 34.1 Å². The van der Waals surface area contributed by atoms with E-state index in [2.05, 4.69) is 15.9 Å². The Labute approximate surface area is 154 Å². The van der Waals surface area contributed by atoms with Crippen molar-refractivity contribution in [1.82, 2.24) is 4.90 Å². The zero-order chi connectivity index (χ0) is 18.0. The molecule has 0 unspecified atom stereocenters. The van der Waals surface area contributed by atoms with Gasteiger partial charge in [0.15, 0.2) is 9.84 Å². The summed E-state index contributed by atoms with van der Waals surface area (Å²) in [5.41, 5.74) is 0.820. The van der Waals surface area contributed by atoms with Gasteiger partial charge in [-0.3, -0.25) is 4.79 Å². The fourth-order valence-electron chi connectivity index (χ4n) is 2.96. The van der Waals surface area contributed by atoms with E-state index >= 15 is 0 Å². The largest absolute Gasteiger partial charge is 0.330 e. The van der Waals surface area contributed by atoms with E-state index in [1.54, 1.807) is 42.5 Å². The molecule has 132 valence electrons. The molecular formula is C18H17BrFNO3S. The monoisotopic (exact) mass is 425 g/mol. The number of rotatable bonds is 4. The SMILES string of the molecule is O=C(c1ccc(Br)cc1)N(Cc1ccccc1F)[C@@H]1CCS(=O)(=O)C1. The average Bonchev–Trinajstić information content (AvgIpc) is 2.94. The predicted octanol–water partition coefficient (Wildman–Crippen LogP) is 3.42. The molecule has 0 bridgehead atoms. The lowest BCUT2D eigenvalue weighted by molar-refractivity contribution is 0.0679. The van der Waals surface area contributed by atoms with Crippen molar-refractivity contribution in [1.29, 1.82) is 0 Å². The van der Waals surface area contributed by atoms with Gasteiger partial charge in [-0.15, -0.1) is 0 Å². The second kappa shape index (κ2) is 7.25. The lowest BCUT2D eigenvalue weighted by Crippen LogP contribution is -2.40. The highest BCUT2D eigenvalue weighted by Crippen LogP contribution is 2.23. The number of halogens is 2. The van der Waals surface area contributed by atoms with Gasteiger partial charge in [-0.05, 0) is 36.8 Å². The van der Waals surface area contributed by atoms with Gasteiger partial charge in [0, 0.05) is 28.2 Å². The van der Waals surface area contributed by atoms with E-state index in [4.69, 9.17) is 0 Å². The van der Waals surface area contributed by atoms with E-state index < -0.39 is 21.7 Å². The van der Waals surface area contributed by atoms with Crippen LogP contribution in [0.4, 0.5) is 4.39 Å². The highest BCUT2D eigenvalue weighted by molar-refractivity contribution is 9.10. The number of carbonyl (C=O) groups excluding carboxylic acids is 1. The Morgan fingerprint density at radius 3 is 2.44 bits per heavy atom. The first-order chi connectivity index (χ1) is 11.9. The molecule has 0 radical (unpaired) electrons. The minimum absolute atomic E-state index is 0.0434. The molecule has 1 amide bonds. The molecule has 1 aliphatic heterocycles. The smallest absolute Gasteiger partial charge is 0.254 e. The molecule has 0 N–H and O–H groups in total. The molecule has 0 spiro atoms. The number of benzene rings is 2. The summed E-state index contributed by atoms with van der Waals surface area (Å²) in [6.45, 7) is 0.0434. The summed E-state index contributed by atoms with van der Waals surface area (Å²) in [6.07, 6.45) is 0.374. The molecule has 4 nitrogen and oxygen atoms in total. The van der Waals surface area contributed by atoms with Gasteiger partial charge in [0.05, 0.1) is 11.5 Å². The predicted molar refractivity (Wildman–Crippen MR) is 97.5 cm³/mol. The first-order valence-electron chi connectivity index (χ1n) is 7.86. The van der Waals surface area contributed by atoms with Gasteiger partial charge in [0.2, 0.25) is 0 Å². The van der Waals surface area contributed by atoms with E-state index in [-0.39, 0.29) is 24.0 Å². The quantitative estimate of drug-likeness (QED) is 0.753. The fourth-order valence-corrected chi connectivity index (χ4v) is 4.95. The van der Waals surface area contributed by atoms with E-state index in [0.29, 0.717) is 17.5 Å². The summed E-state index contributed by atoms with van der Waals surface area (Å²) in [4.78, 5) is 14.4. The Hall–Kier alpha value is -1.73. The zero-order valence-electron chi connectivity index (χ0n) is 13.4. The molecule has 25 heavy (non-hydrogen) atoms. The summed E-state index contributed by atoms with van der Waals surface area (Å²) in [5, 5.41) is 0. The molecule has 0 aliphatic carbocycles. The van der Waals surface area contributed by atoms with E-state index in [1.807, 2.05) is 0 Å². The molecular weight excluding hydrogens is 409 g/mol. The van der Waals surface area contributed by atoms with Crippen molar-refractivity contribution in [2.75, 3.05) is 11.5 Å². The zero-order valence-corrected chi connectivity index (χ0v) is 15.8. The average molecular weight is 426 g/mol. The second-order valence-electron chi connectivity index (χ2n) is 6.09. The minimum Gasteiger partial charge on any atom is -0.330 e. The third-order valence-corrected chi connectivity index (χ3v) is 6.58. The van der Waals surface area contributed by atoms with Gasteiger partial charge < -0.3 is 4.90 Å². The van der Waals surface area contributed by atoms with E-state index in [0.717, 1.165) is 4.47 Å². The number of hydrogen-bond donors (Lipinski definition) is 0. The van der Waals surface area contributed by atoms with Gasteiger partial charge in [0.25, 0.3) is 5.91 Å². The van der Waals surface area contributed by atoms with Crippen molar-refractivity contribution in [3.05, 3.63) is 69.9 Å². The number of amides is 1. The topological polar surface area (TPSA) is 54.5 Å². The minimum atomic E-state index is -3.16. The lowest BCUT2D eigenvalue weighted by atomic mass is 10.1. The molecule has 3 rings (SSSR count). The third kappa shape index (κ3) is 4.27. The van der Waals surface area contributed by atoms with Crippen LogP contribution in [0.1, 0.15) is 22.3 Å². The van der Waals surface area contributed by atoms with E-state index in [1.165, 1.54) is 11.0 Å². The molecule has 1 fully saturated rings. The van der Waals surface area contributed by atoms with Gasteiger partial charge >= 0.3 is 0 Å². The van der Waals surface area contributed by atoms with Crippen LogP contribution in [0.5, 0.6) is 0 Å². The molecule has 1 saturated heterocycles. The maximum atomic E-state index is 14.0. The number of carbonyl (C=O) groups is 1. The second-order valence-corrected chi connectivity index (χ2v) is 9.23. The lowest BCUT2D eigenvalue weighted by Gasteiger charge is -2.28. The van der Waals surface area contributed by atoms with Crippen molar-refractivity contribution >= 4 is 31.7 Å². The Morgan fingerprint density at radius 2 is 1.84 bits per heavy atom. The van der Waals surface area contributed by atoms with Crippen LogP contribution in [-0.2, 0) is 16.4 Å². The summed E-state index contributed by atoms with van der Waals surface area (Å²) >= 11 is 3.32. The fraction of sp³-hybridized carbons (Fsp3) is 0.278. The van der Waals surface area contributed by atoms with Gasteiger partial charge in [-0.2, -0.15) is 0 Å². The van der Waals surface area contributed by atoms with Crippen molar-refractivity contribution in [3.63, 3.8) is 0 Å². The van der Waals surface area contributed by atoms with Gasteiger partial charge in [0.1, 0.15) is 5.82 Å². The molecule has 0 saturated carbocycles. The molecule has 2 aromatic carbocycles. The van der Waals surface area contributed by atoms with Crippen molar-refractivity contribution in [2.24, 2.45) is 0 Å². The molecule has 1 heterocycles. The van der Waals surface area contributed by atoms with Crippen LogP contribution in [-0.4, -0.2) is 36.8 Å². The summed E-state index contributed by atoms with van der Waals surface area (Å²) in [6, 6.07) is 12.6. The summed E-state index contributed by atoms with van der Waals surface area (Å²) in [7, 11) is -3.16. The first-order valence-corrected chi connectivity index (χ1v) is 10.5. The highest BCUT2D eigenvalue weighted by atomic mass is 79.9. The molecule has 2 aromatic rings. The van der Waals surface area contributed by atoms with Crippen LogP contribution in [0.15, 0.2) is 53.0 Å². The van der Waals surface area contributed by atoms with Crippen LogP contribution in [0, 0.1) is 5.82 Å². The molecule has 0 aromatic heterocycles. The third-order valence-electron chi connectivity index (χ3n) is 4.30. The van der Waals surface area contributed by atoms with Crippen molar-refractivity contribution in [2.45, 2.75) is 19.0 Å². The first kappa shape index (κ1) is 18.1. The Balaban J connectivity index is 1.92. The van der Waals surface area contributed by atoms with Crippen LogP contribution < -0.4 is 0 Å². The number of nitrogens with zero attached hydrogens (tertiary/aromatic N) is 1. The standard InChI is InChI=1S/C18H17BrFNO3S/c19-15-7-5-13(6-8-15)18(22)21(16-9-10-25(23,24)12-16)11-14-3-1-2-4-17(14)20/h1-8,16H,9-12H2/t16-/m1/s1. The maximum absolute atomic E-state index is 14.0. The maximum Gasteiger partial charge on any atom is 0.254 e. The van der Waals surface area contributed by atoms with E-state index in [9.17, 15) is 17.6 Å². The van der Waals surface area contributed by atoms with Crippen LogP contribution in [0.25, 0.3) is 0 Å². The summed E-state index contributed by atoms with van der Waals surface area (Å²) < 4.78 is 38.6. The Kier molecular flexibility index (Phi) is 5.24. The number of sulfone groups is 1. The van der Waals surface area contributed by atoms with Crippen molar-refractivity contribution < 1.29 is 17.6 Å². The molecule has 1 atom stereocenters. The Morgan fingerprint density at radius 1 is 1.16 bits per heavy atom. The summed E-state index contributed by atoms with van der Waals surface area (Å²) in [5.74, 6) is -0.724. The molecule has 7 heteroatoms. The van der Waals surface area contributed by atoms with Crippen LogP contribution in [0.2, 0.25) is 0 Å². The van der Waals surface area contributed by atoms with Gasteiger partial charge in [-0.25, -0.2) is 12.8 Å². The Bertz CT molecular complexity index is 883.